The summed E-state index contributed by atoms with van der Waals surface area (Å²) in [7, 11) is 2.11. The molecule has 0 radical (unpaired) electrons. The Morgan fingerprint density at radius 2 is 1.76 bits per heavy atom. The van der Waals surface area contributed by atoms with E-state index in [1.807, 2.05) is 0 Å². The Bertz CT molecular complexity index is 450. The summed E-state index contributed by atoms with van der Waals surface area (Å²) in [5.74, 6) is 0. The fourth-order valence-corrected chi connectivity index (χ4v) is 3.52. The van der Waals surface area contributed by atoms with E-state index < -0.39 is 0 Å². The van der Waals surface area contributed by atoms with Crippen LogP contribution in [-0.4, -0.2) is 19.8 Å². The van der Waals surface area contributed by atoms with Crippen LogP contribution in [0.25, 0.3) is 0 Å². The number of thioether (sulfide) groups is 1. The predicted octanol–water partition coefficient (Wildman–Crippen LogP) is 5.01. The maximum absolute atomic E-state index is 5.32. The first-order valence-electron chi connectivity index (χ1n) is 5.86. The second-order valence-electron chi connectivity index (χ2n) is 5.63. The van der Waals surface area contributed by atoms with Crippen molar-refractivity contribution in [3.63, 3.8) is 0 Å². The van der Waals surface area contributed by atoms with Crippen LogP contribution in [0.3, 0.4) is 0 Å². The molecule has 0 aliphatic rings. The fourth-order valence-electron chi connectivity index (χ4n) is 1.85. The molecule has 0 spiro atoms. The van der Waals surface area contributed by atoms with Crippen LogP contribution in [-0.2, 0) is 0 Å². The summed E-state index contributed by atoms with van der Waals surface area (Å²) >= 11 is 12.3. The molecule has 0 saturated heterocycles. The number of nitrogens with zero attached hydrogens (tertiary/aromatic N) is 1. The maximum Gasteiger partial charge on any atom is 0.0815 e. The molecule has 17 heavy (non-hydrogen) atoms. The van der Waals surface area contributed by atoms with E-state index in [2.05, 4.69) is 39.0 Å². The number of hydrogen-bond acceptors (Lipinski definition) is 4. The summed E-state index contributed by atoms with van der Waals surface area (Å²) in [4.78, 5) is 3.46. The Balaban J connectivity index is 2.60. The van der Waals surface area contributed by atoms with Crippen molar-refractivity contribution in [3.8, 4) is 0 Å². The van der Waals surface area contributed by atoms with E-state index in [0.29, 0.717) is 5.41 Å². The van der Waals surface area contributed by atoms with E-state index in [-0.39, 0.29) is 0 Å². The van der Waals surface area contributed by atoms with E-state index in [1.54, 1.807) is 11.8 Å². The van der Waals surface area contributed by atoms with Gasteiger partial charge in [-0.2, -0.15) is 0 Å². The fraction of sp³-hybridized carbons (Fsp3) is 0.692. The van der Waals surface area contributed by atoms with Crippen molar-refractivity contribution in [2.24, 2.45) is 5.41 Å². The minimum Gasteiger partial charge on any atom is -0.372 e. The third-order valence-electron chi connectivity index (χ3n) is 2.85. The molecule has 1 nitrogen and oxygen atoms in total. The molecule has 1 aromatic rings. The van der Waals surface area contributed by atoms with Gasteiger partial charge in [-0.3, -0.25) is 0 Å². The molecule has 0 aliphatic carbocycles. The zero-order valence-corrected chi connectivity index (χ0v) is 13.7. The highest BCUT2D eigenvalue weighted by Gasteiger charge is 2.18. The van der Waals surface area contributed by atoms with Crippen molar-refractivity contribution in [3.05, 3.63) is 9.02 Å². The molecule has 0 saturated carbocycles. The Morgan fingerprint density at radius 3 is 2.24 bits per heavy atom. The van der Waals surface area contributed by atoms with Gasteiger partial charge in [0.25, 0.3) is 0 Å². The minimum absolute atomic E-state index is 0.410. The lowest BCUT2D eigenvalue weighted by molar-refractivity contribution is 0.367. The Kier molecular flexibility index (Phi) is 5.17. The topological polar surface area (TPSA) is 3.24 Å². The molecule has 0 aromatic heterocycles. The molecule has 96 valence electrons. The molecule has 0 atom stereocenters. The Morgan fingerprint density at radius 1 is 1.18 bits per heavy atom. The van der Waals surface area contributed by atoms with Crippen LogP contribution in [0.15, 0.2) is 4.90 Å². The molecular weight excluding hydrogens is 266 g/mol. The second kappa shape index (κ2) is 5.81. The smallest absolute Gasteiger partial charge is 0.0815 e. The molecule has 4 heteroatoms. The molecule has 0 amide bonds. The first kappa shape index (κ1) is 15.1. The van der Waals surface area contributed by atoms with Gasteiger partial charge in [0.1, 0.15) is 0 Å². The van der Waals surface area contributed by atoms with Gasteiger partial charge in [0.05, 0.1) is 19.6 Å². The Hall–Kier alpha value is 0.0700. The molecule has 0 unspecified atom stereocenters. The normalized spacial score (nSPS) is 12.1. The maximum atomic E-state index is 5.32. The van der Waals surface area contributed by atoms with Gasteiger partial charge in [-0.05, 0) is 24.5 Å². The summed E-state index contributed by atoms with van der Waals surface area (Å²) in [6.07, 6.45) is 4.49. The predicted molar refractivity (Wildman–Crippen MR) is 84.2 cm³/mol. The van der Waals surface area contributed by atoms with Gasteiger partial charge >= 0.3 is 0 Å². The van der Waals surface area contributed by atoms with Crippen molar-refractivity contribution in [2.45, 2.75) is 38.5 Å². The van der Waals surface area contributed by atoms with Crippen LogP contribution >= 0.6 is 36.2 Å². The summed E-state index contributed by atoms with van der Waals surface area (Å²) < 4.78 is 1.76. The lowest BCUT2D eigenvalue weighted by Gasteiger charge is -2.26. The van der Waals surface area contributed by atoms with Crippen molar-refractivity contribution in [1.82, 2.24) is 0 Å². The van der Waals surface area contributed by atoms with Gasteiger partial charge in [-0.15, -0.1) is 11.8 Å². The third kappa shape index (κ3) is 3.76. The SMILES string of the molecule is CSc1c(N(C)CCCC(C)(C)C)c(=S)c1=S. The summed E-state index contributed by atoms with van der Waals surface area (Å²) in [6, 6.07) is 0. The summed E-state index contributed by atoms with van der Waals surface area (Å²) in [6.45, 7) is 7.90. The molecule has 0 bridgehead atoms. The average molecular weight is 288 g/mol. The van der Waals surface area contributed by atoms with Crippen LogP contribution in [0.1, 0.15) is 33.6 Å². The number of hydrogen-bond donors (Lipinski definition) is 0. The van der Waals surface area contributed by atoms with Crippen LogP contribution in [0, 0.1) is 14.4 Å². The molecule has 0 fully saturated rings. The highest BCUT2D eigenvalue weighted by atomic mass is 32.2. The average Bonchev–Trinajstić information content (AvgIpc) is 2.22. The second-order valence-corrected chi connectivity index (χ2v) is 7.26. The van der Waals surface area contributed by atoms with Gasteiger partial charge in [0.15, 0.2) is 0 Å². The largest absolute Gasteiger partial charge is 0.372 e. The van der Waals surface area contributed by atoms with Gasteiger partial charge in [0, 0.05) is 13.6 Å². The third-order valence-corrected chi connectivity index (χ3v) is 4.72. The summed E-state index contributed by atoms with van der Waals surface area (Å²) in [5.41, 5.74) is 1.60. The van der Waals surface area contributed by atoms with Gasteiger partial charge < -0.3 is 4.90 Å². The first-order valence-corrected chi connectivity index (χ1v) is 7.90. The molecule has 0 N–H and O–H groups in total. The zero-order chi connectivity index (χ0) is 13.2. The monoisotopic (exact) mass is 287 g/mol. The number of anilines is 1. The van der Waals surface area contributed by atoms with E-state index in [4.69, 9.17) is 24.4 Å². The van der Waals surface area contributed by atoms with Gasteiger partial charge in [0.2, 0.25) is 0 Å². The quantitative estimate of drug-likeness (QED) is 0.553. The van der Waals surface area contributed by atoms with Crippen LogP contribution < -0.4 is 4.90 Å². The molecule has 1 rings (SSSR count). The summed E-state index contributed by atoms with van der Waals surface area (Å²) in [5, 5.41) is 0. The Labute approximate surface area is 119 Å². The highest BCUT2D eigenvalue weighted by Crippen LogP contribution is 2.37. The van der Waals surface area contributed by atoms with E-state index in [1.165, 1.54) is 23.4 Å². The van der Waals surface area contributed by atoms with Crippen LogP contribution in [0.4, 0.5) is 5.69 Å². The minimum atomic E-state index is 0.410. The van der Waals surface area contributed by atoms with E-state index >= 15 is 0 Å². The zero-order valence-electron chi connectivity index (χ0n) is 11.3. The molecule has 0 aliphatic heterocycles. The van der Waals surface area contributed by atoms with Crippen LogP contribution in [0.2, 0.25) is 0 Å². The van der Waals surface area contributed by atoms with E-state index in [0.717, 1.165) is 15.6 Å². The molecular formula is C13H21NS3. The van der Waals surface area contributed by atoms with Crippen molar-refractivity contribution in [2.75, 3.05) is 24.7 Å². The first-order chi connectivity index (χ1) is 7.78. The molecule has 1 aromatic carbocycles. The van der Waals surface area contributed by atoms with Gasteiger partial charge in [-0.25, -0.2) is 0 Å². The van der Waals surface area contributed by atoms with E-state index in [9.17, 15) is 0 Å². The van der Waals surface area contributed by atoms with Crippen LogP contribution in [0.5, 0.6) is 0 Å². The van der Waals surface area contributed by atoms with Gasteiger partial charge in [-0.1, -0.05) is 45.2 Å². The standard InChI is InChI=1S/C13H21NS3/c1-13(2,3)7-6-8-14(4)9-10(15)11(16)12(9)17-5/h6-8H2,1-5H3. The van der Waals surface area contributed by atoms with Crippen molar-refractivity contribution >= 4 is 41.9 Å². The number of rotatable bonds is 5. The lowest BCUT2D eigenvalue weighted by atomic mass is 9.90. The highest BCUT2D eigenvalue weighted by molar-refractivity contribution is 7.99. The molecule has 0 heterocycles. The van der Waals surface area contributed by atoms with Crippen molar-refractivity contribution < 1.29 is 0 Å². The van der Waals surface area contributed by atoms with Crippen molar-refractivity contribution in [1.29, 1.82) is 0 Å². The lowest BCUT2D eigenvalue weighted by Crippen LogP contribution is -2.22.